The molecule has 0 aliphatic carbocycles. The van der Waals surface area contributed by atoms with E-state index in [1.165, 1.54) is 20.0 Å². The van der Waals surface area contributed by atoms with E-state index in [1.54, 1.807) is 0 Å². The van der Waals surface area contributed by atoms with Crippen molar-refractivity contribution in [3.63, 3.8) is 0 Å². The van der Waals surface area contributed by atoms with Crippen LogP contribution in [-0.4, -0.2) is 46.4 Å². The van der Waals surface area contributed by atoms with Crippen LogP contribution in [0.1, 0.15) is 24.3 Å². The van der Waals surface area contributed by atoms with Gasteiger partial charge in [0.1, 0.15) is 4.75 Å². The number of nitrogens with zero attached hydrogens (tertiary/aromatic N) is 2. The van der Waals surface area contributed by atoms with Crippen LogP contribution in [0.15, 0.2) is 12.4 Å². The summed E-state index contributed by atoms with van der Waals surface area (Å²) in [4.78, 5) is 30.0. The van der Waals surface area contributed by atoms with Crippen molar-refractivity contribution in [2.45, 2.75) is 18.6 Å². The van der Waals surface area contributed by atoms with Crippen molar-refractivity contribution in [1.29, 1.82) is 0 Å². The second-order valence-electron chi connectivity index (χ2n) is 4.30. The van der Waals surface area contributed by atoms with Gasteiger partial charge in [-0.2, -0.15) is 0 Å². The monoisotopic (exact) mass is 287 g/mol. The maximum atomic E-state index is 11.9. The number of carboxylic acids is 1. The largest absolute Gasteiger partial charge is 0.476 e. The normalized spacial score (nSPS) is 11.9. The lowest BCUT2D eigenvalue weighted by Crippen LogP contribution is -2.44. The smallest absolute Gasteiger partial charge is 0.358 e. The highest BCUT2D eigenvalue weighted by Crippen LogP contribution is 2.18. The fourth-order valence-electron chi connectivity index (χ4n) is 1.01. The molecule has 0 fully saturated rings. The van der Waals surface area contributed by atoms with E-state index in [2.05, 4.69) is 15.3 Å². The summed E-state index contributed by atoms with van der Waals surface area (Å²) in [5, 5.41) is 11.0. The standard InChI is InChI=1S/C10H13N3O5S/c1-10(2,19(3,17)18)9(16)13-7-6(8(14)15)11-4-5-12-7/h4-5H,1-3H3,(H,14,15)(H,12,13,16). The molecule has 0 unspecified atom stereocenters. The molecule has 19 heavy (non-hydrogen) atoms. The zero-order valence-corrected chi connectivity index (χ0v) is 11.4. The molecule has 0 saturated carbocycles. The molecule has 1 aromatic heterocycles. The van der Waals surface area contributed by atoms with Gasteiger partial charge in [0.15, 0.2) is 21.3 Å². The lowest BCUT2D eigenvalue weighted by atomic mass is 10.2. The highest BCUT2D eigenvalue weighted by atomic mass is 32.2. The molecule has 8 nitrogen and oxygen atoms in total. The molecular formula is C10H13N3O5S. The first kappa shape index (κ1) is 15.0. The molecule has 1 heterocycles. The average Bonchev–Trinajstić information content (AvgIpc) is 2.27. The van der Waals surface area contributed by atoms with Crippen molar-refractivity contribution in [2.24, 2.45) is 0 Å². The van der Waals surface area contributed by atoms with Crippen LogP contribution < -0.4 is 5.32 Å². The van der Waals surface area contributed by atoms with Gasteiger partial charge in [0.2, 0.25) is 5.91 Å². The van der Waals surface area contributed by atoms with Gasteiger partial charge in [-0.05, 0) is 13.8 Å². The summed E-state index contributed by atoms with van der Waals surface area (Å²) < 4.78 is 21.3. The maximum absolute atomic E-state index is 11.9. The minimum atomic E-state index is -3.66. The van der Waals surface area contributed by atoms with Gasteiger partial charge < -0.3 is 10.4 Å². The average molecular weight is 287 g/mol. The number of aromatic nitrogens is 2. The minimum absolute atomic E-state index is 0.295. The van der Waals surface area contributed by atoms with E-state index in [-0.39, 0.29) is 5.82 Å². The molecule has 2 N–H and O–H groups in total. The van der Waals surface area contributed by atoms with E-state index < -0.39 is 32.2 Å². The molecule has 104 valence electrons. The summed E-state index contributed by atoms with van der Waals surface area (Å²) >= 11 is 0. The molecule has 0 spiro atoms. The Morgan fingerprint density at radius 2 is 1.79 bits per heavy atom. The predicted octanol–water partition coefficient (Wildman–Crippen LogP) is -0.0635. The second-order valence-corrected chi connectivity index (χ2v) is 6.86. The number of rotatable bonds is 4. The quantitative estimate of drug-likeness (QED) is 0.794. The van der Waals surface area contributed by atoms with Gasteiger partial charge in [0.05, 0.1) is 0 Å². The van der Waals surface area contributed by atoms with E-state index in [9.17, 15) is 18.0 Å². The molecule has 0 aliphatic rings. The highest BCUT2D eigenvalue weighted by Gasteiger charge is 2.39. The summed E-state index contributed by atoms with van der Waals surface area (Å²) in [6, 6.07) is 0. The Kier molecular flexibility index (Phi) is 3.89. The molecule has 9 heteroatoms. The molecule has 1 rings (SSSR count). The van der Waals surface area contributed by atoms with Gasteiger partial charge in [-0.1, -0.05) is 0 Å². The summed E-state index contributed by atoms with van der Waals surface area (Å²) in [6.07, 6.45) is 3.26. The fourth-order valence-corrected chi connectivity index (χ4v) is 1.40. The van der Waals surface area contributed by atoms with E-state index in [0.29, 0.717) is 0 Å². The maximum Gasteiger partial charge on any atom is 0.358 e. The van der Waals surface area contributed by atoms with Crippen molar-refractivity contribution < 1.29 is 23.1 Å². The van der Waals surface area contributed by atoms with Crippen LogP contribution >= 0.6 is 0 Å². The highest BCUT2D eigenvalue weighted by molar-refractivity contribution is 7.92. The third kappa shape index (κ3) is 3.05. The molecule has 0 saturated heterocycles. The Labute approximate surface area is 109 Å². The van der Waals surface area contributed by atoms with Crippen molar-refractivity contribution in [1.82, 2.24) is 9.97 Å². The lowest BCUT2D eigenvalue weighted by molar-refractivity contribution is -0.117. The number of nitrogens with one attached hydrogen (secondary N) is 1. The molecule has 1 amide bonds. The van der Waals surface area contributed by atoms with Crippen LogP contribution in [0.4, 0.5) is 5.82 Å². The summed E-state index contributed by atoms with van der Waals surface area (Å²) in [5.41, 5.74) is -0.458. The third-order valence-electron chi connectivity index (χ3n) is 2.61. The minimum Gasteiger partial charge on any atom is -0.476 e. The number of amides is 1. The van der Waals surface area contributed by atoms with Crippen LogP contribution in [0.2, 0.25) is 0 Å². The number of carbonyl (C=O) groups is 2. The van der Waals surface area contributed by atoms with Gasteiger partial charge in [0.25, 0.3) is 0 Å². The van der Waals surface area contributed by atoms with Gasteiger partial charge in [-0.3, -0.25) is 4.79 Å². The van der Waals surface area contributed by atoms with Crippen molar-refractivity contribution >= 4 is 27.5 Å². The molecule has 0 aromatic carbocycles. The summed E-state index contributed by atoms with van der Waals surface area (Å²) in [5.74, 6) is -2.55. The van der Waals surface area contributed by atoms with Crippen LogP contribution in [0, 0.1) is 0 Å². The molecule has 0 radical (unpaired) electrons. The van der Waals surface area contributed by atoms with E-state index in [4.69, 9.17) is 5.11 Å². The fraction of sp³-hybridized carbons (Fsp3) is 0.400. The Balaban J connectivity index is 3.12. The van der Waals surface area contributed by atoms with E-state index in [0.717, 1.165) is 12.5 Å². The number of sulfone groups is 1. The van der Waals surface area contributed by atoms with Crippen LogP contribution in [0.5, 0.6) is 0 Å². The van der Waals surface area contributed by atoms with Crippen molar-refractivity contribution in [2.75, 3.05) is 11.6 Å². The molecule has 0 aliphatic heterocycles. The predicted molar refractivity (Wildman–Crippen MR) is 66.5 cm³/mol. The van der Waals surface area contributed by atoms with Gasteiger partial charge in [-0.25, -0.2) is 23.2 Å². The van der Waals surface area contributed by atoms with Crippen LogP contribution in [-0.2, 0) is 14.6 Å². The van der Waals surface area contributed by atoms with E-state index >= 15 is 0 Å². The molecule has 1 aromatic rings. The summed E-state index contributed by atoms with van der Waals surface area (Å²) in [6.45, 7) is 2.43. The van der Waals surface area contributed by atoms with Gasteiger partial charge in [-0.15, -0.1) is 0 Å². The number of carboxylic acid groups (broad SMARTS) is 1. The Morgan fingerprint density at radius 3 is 2.26 bits per heavy atom. The number of carbonyl (C=O) groups excluding carboxylic acids is 1. The number of anilines is 1. The third-order valence-corrected chi connectivity index (χ3v) is 4.65. The molecule has 0 atom stereocenters. The Bertz CT molecular complexity index is 624. The van der Waals surface area contributed by atoms with Gasteiger partial charge in [0, 0.05) is 18.6 Å². The second kappa shape index (κ2) is 4.92. The Hall–Kier alpha value is -2.03. The van der Waals surface area contributed by atoms with Gasteiger partial charge >= 0.3 is 5.97 Å². The molecular weight excluding hydrogens is 274 g/mol. The number of aromatic carboxylic acids is 1. The number of hydrogen-bond donors (Lipinski definition) is 2. The first-order valence-electron chi connectivity index (χ1n) is 5.12. The number of hydrogen-bond acceptors (Lipinski definition) is 6. The Morgan fingerprint density at radius 1 is 1.26 bits per heavy atom. The topological polar surface area (TPSA) is 126 Å². The van der Waals surface area contributed by atoms with E-state index in [1.807, 2.05) is 0 Å². The molecule has 0 bridgehead atoms. The first-order valence-corrected chi connectivity index (χ1v) is 7.02. The van der Waals surface area contributed by atoms with Crippen LogP contribution in [0.3, 0.4) is 0 Å². The lowest BCUT2D eigenvalue weighted by Gasteiger charge is -2.21. The first-order chi connectivity index (χ1) is 8.57. The zero-order valence-electron chi connectivity index (χ0n) is 10.5. The summed E-state index contributed by atoms with van der Waals surface area (Å²) in [7, 11) is -3.66. The van der Waals surface area contributed by atoms with Crippen molar-refractivity contribution in [3.05, 3.63) is 18.1 Å². The van der Waals surface area contributed by atoms with Crippen molar-refractivity contribution in [3.8, 4) is 0 Å². The zero-order chi connectivity index (χ0) is 14.8. The SMILES string of the molecule is CC(C)(C(=O)Nc1nccnc1C(=O)O)S(C)(=O)=O. The van der Waals surface area contributed by atoms with Crippen LogP contribution in [0.25, 0.3) is 0 Å².